The van der Waals surface area contributed by atoms with Gasteiger partial charge in [0.2, 0.25) is 10.0 Å². The third-order valence-corrected chi connectivity index (χ3v) is 8.27. The molecule has 0 unspecified atom stereocenters. The second-order valence-corrected chi connectivity index (χ2v) is 11.3. The summed E-state index contributed by atoms with van der Waals surface area (Å²) in [6, 6.07) is 19.8. The summed E-state index contributed by atoms with van der Waals surface area (Å²) in [6.07, 6.45) is 0.286. The highest BCUT2D eigenvalue weighted by atomic mass is 32.2. The monoisotopic (exact) mass is 487 g/mol. The number of hydrogen-bond acceptors (Lipinski definition) is 5. The highest BCUT2D eigenvalue weighted by Gasteiger charge is 2.37. The minimum atomic E-state index is -4.07. The lowest BCUT2D eigenvalue weighted by molar-refractivity contribution is 0.371. The first kappa shape index (κ1) is 22.9. The number of sulfonamides is 2. The molecule has 1 aliphatic rings. The molecule has 0 aliphatic carbocycles. The standard InChI is InChI=1S/C23H22FN3O4S2/c1-2-32(28,29)26-20-10-6-9-18(15-20)22-16-23(17-7-4-3-5-8-17)27(25-22)33(30,31)21-13-11-19(24)12-14-21/h3-15,23,26H,2,16H2,1H3/t23-/m0/s1. The van der Waals surface area contributed by atoms with Gasteiger partial charge in [-0.1, -0.05) is 42.5 Å². The molecule has 0 saturated heterocycles. The van der Waals surface area contributed by atoms with Crippen LogP contribution in [0.5, 0.6) is 0 Å². The van der Waals surface area contributed by atoms with Crippen LogP contribution in [0.4, 0.5) is 10.1 Å². The second-order valence-electron chi connectivity index (χ2n) is 7.50. The van der Waals surface area contributed by atoms with E-state index in [2.05, 4.69) is 9.82 Å². The maximum absolute atomic E-state index is 13.4. The van der Waals surface area contributed by atoms with Gasteiger partial charge < -0.3 is 0 Å². The topological polar surface area (TPSA) is 95.9 Å². The molecule has 0 aromatic heterocycles. The normalized spacial score (nSPS) is 16.5. The van der Waals surface area contributed by atoms with Gasteiger partial charge in [0.1, 0.15) is 5.82 Å². The first-order valence-electron chi connectivity index (χ1n) is 10.2. The quantitative estimate of drug-likeness (QED) is 0.542. The van der Waals surface area contributed by atoms with E-state index in [1.165, 1.54) is 19.1 Å². The number of benzene rings is 3. The van der Waals surface area contributed by atoms with Crippen LogP contribution in [0.25, 0.3) is 0 Å². The molecule has 10 heteroatoms. The molecule has 1 heterocycles. The van der Waals surface area contributed by atoms with Crippen molar-refractivity contribution in [3.05, 3.63) is 95.8 Å². The Balaban J connectivity index is 1.75. The zero-order chi connectivity index (χ0) is 23.6. The van der Waals surface area contributed by atoms with Crippen molar-refractivity contribution in [2.45, 2.75) is 24.3 Å². The number of halogens is 1. The van der Waals surface area contributed by atoms with Crippen molar-refractivity contribution in [1.29, 1.82) is 0 Å². The van der Waals surface area contributed by atoms with Crippen LogP contribution < -0.4 is 4.72 Å². The summed E-state index contributed by atoms with van der Waals surface area (Å²) in [7, 11) is -7.54. The largest absolute Gasteiger partial charge is 0.284 e. The predicted molar refractivity (Wildman–Crippen MR) is 125 cm³/mol. The number of anilines is 1. The number of rotatable bonds is 7. The predicted octanol–water partition coefficient (Wildman–Crippen LogP) is 4.13. The molecular weight excluding hydrogens is 465 g/mol. The van der Waals surface area contributed by atoms with Crippen LogP contribution in [0.2, 0.25) is 0 Å². The Kier molecular flexibility index (Phi) is 6.22. The Morgan fingerprint density at radius 3 is 2.33 bits per heavy atom. The van der Waals surface area contributed by atoms with Gasteiger partial charge in [-0.2, -0.15) is 17.9 Å². The Bertz CT molecular complexity index is 1390. The zero-order valence-corrected chi connectivity index (χ0v) is 19.4. The van der Waals surface area contributed by atoms with Gasteiger partial charge >= 0.3 is 0 Å². The molecule has 7 nitrogen and oxygen atoms in total. The highest BCUT2D eigenvalue weighted by molar-refractivity contribution is 7.92. The van der Waals surface area contributed by atoms with Crippen LogP contribution in [-0.4, -0.2) is 32.7 Å². The number of hydrazone groups is 1. The van der Waals surface area contributed by atoms with E-state index in [1.807, 2.05) is 30.3 Å². The van der Waals surface area contributed by atoms with E-state index in [-0.39, 0.29) is 17.1 Å². The molecule has 0 fully saturated rings. The van der Waals surface area contributed by atoms with Crippen molar-refractivity contribution in [1.82, 2.24) is 4.41 Å². The molecule has 33 heavy (non-hydrogen) atoms. The van der Waals surface area contributed by atoms with Crippen molar-refractivity contribution in [2.24, 2.45) is 5.10 Å². The molecule has 1 atom stereocenters. The summed E-state index contributed by atoms with van der Waals surface area (Å²) in [6.45, 7) is 1.54. The molecule has 1 aliphatic heterocycles. The molecule has 0 saturated carbocycles. The van der Waals surface area contributed by atoms with Gasteiger partial charge in [-0.05, 0) is 54.4 Å². The fourth-order valence-electron chi connectivity index (χ4n) is 3.54. The first-order valence-corrected chi connectivity index (χ1v) is 13.3. The van der Waals surface area contributed by atoms with Crippen molar-refractivity contribution in [3.63, 3.8) is 0 Å². The van der Waals surface area contributed by atoms with Gasteiger partial charge in [-0.25, -0.2) is 12.8 Å². The number of nitrogens with one attached hydrogen (secondary N) is 1. The minimum absolute atomic E-state index is 0.0701. The summed E-state index contributed by atoms with van der Waals surface area (Å²) < 4.78 is 67.6. The molecule has 172 valence electrons. The first-order chi connectivity index (χ1) is 15.7. The molecule has 0 spiro atoms. The van der Waals surface area contributed by atoms with Crippen LogP contribution >= 0.6 is 0 Å². The Morgan fingerprint density at radius 2 is 1.67 bits per heavy atom. The average Bonchev–Trinajstić information content (AvgIpc) is 3.26. The van der Waals surface area contributed by atoms with E-state index < -0.39 is 31.9 Å². The maximum atomic E-state index is 13.4. The van der Waals surface area contributed by atoms with E-state index in [0.717, 1.165) is 22.1 Å². The molecule has 4 rings (SSSR count). The molecular formula is C23H22FN3O4S2. The van der Waals surface area contributed by atoms with E-state index in [0.29, 0.717) is 17.0 Å². The van der Waals surface area contributed by atoms with Gasteiger partial charge in [0.05, 0.1) is 22.4 Å². The van der Waals surface area contributed by atoms with Gasteiger partial charge in [0, 0.05) is 12.1 Å². The number of hydrogen-bond donors (Lipinski definition) is 1. The van der Waals surface area contributed by atoms with Crippen molar-refractivity contribution in [2.75, 3.05) is 10.5 Å². The Morgan fingerprint density at radius 1 is 0.970 bits per heavy atom. The summed E-state index contributed by atoms with van der Waals surface area (Å²) in [4.78, 5) is -0.0701. The molecule has 3 aromatic carbocycles. The second kappa shape index (κ2) is 8.95. The third kappa shape index (κ3) is 4.91. The maximum Gasteiger partial charge on any atom is 0.279 e. The summed E-state index contributed by atoms with van der Waals surface area (Å²) in [5, 5.41) is 4.44. The summed E-state index contributed by atoms with van der Waals surface area (Å²) in [5.41, 5.74) is 2.22. The molecule has 0 bridgehead atoms. The van der Waals surface area contributed by atoms with E-state index in [4.69, 9.17) is 0 Å². The van der Waals surface area contributed by atoms with Crippen molar-refractivity contribution >= 4 is 31.4 Å². The molecule has 1 N–H and O–H groups in total. The van der Waals surface area contributed by atoms with Gasteiger partial charge in [0.25, 0.3) is 10.0 Å². The number of nitrogens with zero attached hydrogens (tertiary/aromatic N) is 2. The molecule has 3 aromatic rings. The SMILES string of the molecule is CCS(=O)(=O)Nc1cccc(C2=NN(S(=O)(=O)c3ccc(F)cc3)[C@H](c3ccccc3)C2)c1. The van der Waals surface area contributed by atoms with Crippen LogP contribution in [0, 0.1) is 5.82 Å². The van der Waals surface area contributed by atoms with Crippen molar-refractivity contribution < 1.29 is 21.2 Å². The Hall–Kier alpha value is -3.24. The fourth-order valence-corrected chi connectivity index (χ4v) is 5.60. The van der Waals surface area contributed by atoms with Crippen LogP contribution in [0.15, 0.2) is 88.9 Å². The zero-order valence-electron chi connectivity index (χ0n) is 17.7. The van der Waals surface area contributed by atoms with E-state index in [9.17, 15) is 21.2 Å². The summed E-state index contributed by atoms with van der Waals surface area (Å²) >= 11 is 0. The van der Waals surface area contributed by atoms with Crippen LogP contribution in [0.3, 0.4) is 0 Å². The third-order valence-electron chi connectivity index (χ3n) is 5.26. The van der Waals surface area contributed by atoms with Crippen molar-refractivity contribution in [3.8, 4) is 0 Å². The molecule has 0 amide bonds. The minimum Gasteiger partial charge on any atom is -0.284 e. The average molecular weight is 488 g/mol. The van der Waals surface area contributed by atoms with Gasteiger partial charge in [-0.3, -0.25) is 4.72 Å². The Labute approximate surface area is 192 Å². The van der Waals surface area contributed by atoms with E-state index in [1.54, 1.807) is 24.3 Å². The highest BCUT2D eigenvalue weighted by Crippen LogP contribution is 2.37. The fraction of sp³-hybridized carbons (Fsp3) is 0.174. The van der Waals surface area contributed by atoms with E-state index >= 15 is 0 Å². The van der Waals surface area contributed by atoms with Gasteiger partial charge in [-0.15, -0.1) is 0 Å². The molecule has 0 radical (unpaired) electrons. The summed E-state index contributed by atoms with van der Waals surface area (Å²) in [5.74, 6) is -0.608. The lowest BCUT2D eigenvalue weighted by Gasteiger charge is -2.23. The van der Waals surface area contributed by atoms with Crippen LogP contribution in [-0.2, 0) is 20.0 Å². The van der Waals surface area contributed by atoms with Crippen LogP contribution in [0.1, 0.15) is 30.5 Å². The lowest BCUT2D eigenvalue weighted by Crippen LogP contribution is -2.27. The lowest BCUT2D eigenvalue weighted by atomic mass is 9.99. The smallest absolute Gasteiger partial charge is 0.279 e. The van der Waals surface area contributed by atoms with Gasteiger partial charge in [0.15, 0.2) is 0 Å².